The molecule has 1 rings (SSSR count). The number of rotatable bonds is 3. The van der Waals surface area contributed by atoms with Crippen LogP contribution in [0.25, 0.3) is 0 Å². The maximum atomic E-state index is 5.89. The molecule has 0 radical (unpaired) electrons. The van der Waals surface area contributed by atoms with E-state index in [1.807, 2.05) is 12.1 Å². The Balaban J connectivity index is 2.51. The van der Waals surface area contributed by atoms with Crippen LogP contribution in [-0.4, -0.2) is 9.76 Å². The van der Waals surface area contributed by atoms with Crippen LogP contribution < -0.4 is 0 Å². The van der Waals surface area contributed by atoms with Crippen LogP contribution in [0, 0.1) is 0 Å². The van der Waals surface area contributed by atoms with Crippen molar-refractivity contribution in [3.63, 3.8) is 0 Å². The molecular weight excluding hydrogens is 247 g/mol. The summed E-state index contributed by atoms with van der Waals surface area (Å²) in [5.41, 5.74) is 1.05. The third-order valence-electron chi connectivity index (χ3n) is 1.73. The van der Waals surface area contributed by atoms with Gasteiger partial charge in [0.25, 0.3) is 0 Å². The fourth-order valence-electron chi connectivity index (χ4n) is 1.17. The molecule has 1 aromatic carbocycles. The normalized spacial score (nSPS) is 12.6. The Morgan fingerprint density at radius 2 is 1.67 bits per heavy atom. The smallest absolute Gasteiger partial charge is 0.167 e. The molecule has 0 saturated carbocycles. The van der Waals surface area contributed by atoms with Crippen LogP contribution in [0.15, 0.2) is 18.2 Å². The lowest BCUT2D eigenvalue weighted by molar-refractivity contribution is 0.309. The highest BCUT2D eigenvalue weighted by Gasteiger charge is 2.11. The molecular formula is C11H16Cl2OSi. The van der Waals surface area contributed by atoms with Gasteiger partial charge in [-0.3, -0.25) is 0 Å². The van der Waals surface area contributed by atoms with Crippen LogP contribution in [-0.2, 0) is 11.0 Å². The van der Waals surface area contributed by atoms with Gasteiger partial charge >= 0.3 is 0 Å². The minimum Gasteiger partial charge on any atom is -0.419 e. The zero-order valence-corrected chi connectivity index (χ0v) is 12.2. The largest absolute Gasteiger partial charge is 0.419 e. The number of hydrogen-bond acceptors (Lipinski definition) is 1. The zero-order valence-electron chi connectivity index (χ0n) is 9.31. The van der Waals surface area contributed by atoms with E-state index in [1.54, 1.807) is 6.07 Å². The third-order valence-corrected chi connectivity index (χ3v) is 3.44. The highest BCUT2D eigenvalue weighted by molar-refractivity contribution is 6.34. The summed E-state index contributed by atoms with van der Waals surface area (Å²) in [4.78, 5) is 0. The summed E-state index contributed by atoms with van der Waals surface area (Å²) < 4.78 is 5.72. The van der Waals surface area contributed by atoms with E-state index in [9.17, 15) is 0 Å². The number of halogens is 2. The molecule has 4 heteroatoms. The van der Waals surface area contributed by atoms with E-state index < -0.39 is 9.76 Å². The van der Waals surface area contributed by atoms with Crippen molar-refractivity contribution in [1.29, 1.82) is 0 Å². The summed E-state index contributed by atoms with van der Waals surface area (Å²) >= 11 is 11.8. The fraction of sp³-hybridized carbons (Fsp3) is 0.455. The molecule has 0 fully saturated rings. The van der Waals surface area contributed by atoms with Gasteiger partial charge in [0.2, 0.25) is 0 Å². The lowest BCUT2D eigenvalue weighted by atomic mass is 10.2. The number of benzene rings is 1. The Morgan fingerprint density at radius 1 is 1.13 bits per heavy atom. The maximum Gasteiger partial charge on any atom is 0.167 e. The summed E-state index contributed by atoms with van der Waals surface area (Å²) in [6.07, 6.45) is 0. The first-order chi connectivity index (χ1) is 6.87. The quantitative estimate of drug-likeness (QED) is 0.753. The van der Waals surface area contributed by atoms with Crippen molar-refractivity contribution in [3.8, 4) is 0 Å². The molecule has 1 nitrogen and oxygen atoms in total. The maximum absolute atomic E-state index is 5.89. The second-order valence-electron chi connectivity index (χ2n) is 4.83. The summed E-state index contributed by atoms with van der Waals surface area (Å²) in [5.74, 6) is 0. The van der Waals surface area contributed by atoms with E-state index in [-0.39, 0.29) is 0 Å². The van der Waals surface area contributed by atoms with E-state index in [4.69, 9.17) is 27.6 Å². The van der Waals surface area contributed by atoms with Gasteiger partial charge in [0, 0.05) is 10.0 Å². The molecule has 1 aromatic rings. The van der Waals surface area contributed by atoms with Gasteiger partial charge in [-0.05, 0) is 28.8 Å². The minimum absolute atomic E-state index is 0.322. The number of hydrogen-bond donors (Lipinski definition) is 0. The Bertz CT molecular complexity index is 314. The van der Waals surface area contributed by atoms with Crippen LogP contribution in [0.4, 0.5) is 0 Å². The van der Waals surface area contributed by atoms with E-state index in [2.05, 4.69) is 20.8 Å². The minimum atomic E-state index is -0.505. The molecule has 15 heavy (non-hydrogen) atoms. The monoisotopic (exact) mass is 262 g/mol. The molecule has 0 aliphatic heterocycles. The summed E-state index contributed by atoms with van der Waals surface area (Å²) in [5, 5.41) is 1.65. The Hall–Kier alpha value is -0.0231. The molecule has 0 unspecified atom stereocenters. The van der Waals surface area contributed by atoms with Crippen molar-refractivity contribution >= 4 is 33.0 Å². The molecule has 0 heterocycles. The van der Waals surface area contributed by atoms with Gasteiger partial charge < -0.3 is 4.43 Å². The van der Waals surface area contributed by atoms with E-state index >= 15 is 0 Å². The second kappa shape index (κ2) is 5.35. The lowest BCUT2D eigenvalue weighted by Crippen LogP contribution is -2.12. The predicted octanol–water partition coefficient (Wildman–Crippen LogP) is 3.81. The molecule has 0 aliphatic rings. The summed E-state index contributed by atoms with van der Waals surface area (Å²) in [6, 6.07) is 5.52. The Morgan fingerprint density at radius 3 is 2.13 bits per heavy atom. The standard InChI is InChI=1S/C11H16Cl2OSi/c1-11(2,3)15-14-7-8-4-9(12)6-10(13)5-8/h4-6H,7,15H2,1-3H3. The van der Waals surface area contributed by atoms with Crippen molar-refractivity contribution in [2.45, 2.75) is 32.4 Å². The highest BCUT2D eigenvalue weighted by Crippen LogP contribution is 2.22. The van der Waals surface area contributed by atoms with Crippen molar-refractivity contribution in [1.82, 2.24) is 0 Å². The highest BCUT2D eigenvalue weighted by atomic mass is 35.5. The molecule has 0 atom stereocenters. The average molecular weight is 263 g/mol. The van der Waals surface area contributed by atoms with Crippen LogP contribution in [0.3, 0.4) is 0 Å². The van der Waals surface area contributed by atoms with Crippen molar-refractivity contribution < 1.29 is 4.43 Å². The van der Waals surface area contributed by atoms with E-state index in [0.29, 0.717) is 21.7 Å². The van der Waals surface area contributed by atoms with Crippen LogP contribution >= 0.6 is 23.2 Å². The summed E-state index contributed by atoms with van der Waals surface area (Å²) in [6.45, 7) is 7.21. The second-order valence-corrected chi connectivity index (χ2v) is 8.52. The van der Waals surface area contributed by atoms with Gasteiger partial charge in [-0.2, -0.15) is 0 Å². The van der Waals surface area contributed by atoms with Crippen LogP contribution in [0.5, 0.6) is 0 Å². The van der Waals surface area contributed by atoms with Crippen LogP contribution in [0.1, 0.15) is 26.3 Å². The van der Waals surface area contributed by atoms with Gasteiger partial charge in [-0.1, -0.05) is 44.0 Å². The van der Waals surface area contributed by atoms with Crippen molar-refractivity contribution in [3.05, 3.63) is 33.8 Å². The molecule has 0 amide bonds. The van der Waals surface area contributed by atoms with E-state index in [1.165, 1.54) is 0 Å². The molecule has 0 saturated heterocycles. The van der Waals surface area contributed by atoms with Gasteiger partial charge in [-0.15, -0.1) is 0 Å². The molecule has 0 aliphatic carbocycles. The lowest BCUT2D eigenvalue weighted by Gasteiger charge is -2.17. The SMILES string of the molecule is CC(C)(C)[SiH2]OCc1cc(Cl)cc(Cl)c1. The van der Waals surface area contributed by atoms with Gasteiger partial charge in [0.05, 0.1) is 6.61 Å². The molecule has 0 aromatic heterocycles. The van der Waals surface area contributed by atoms with Gasteiger partial charge in [-0.25, -0.2) is 0 Å². The molecule has 0 bridgehead atoms. The predicted molar refractivity (Wildman–Crippen MR) is 69.5 cm³/mol. The Kier molecular flexibility index (Phi) is 4.65. The van der Waals surface area contributed by atoms with Crippen molar-refractivity contribution in [2.24, 2.45) is 0 Å². The first-order valence-corrected chi connectivity index (χ1v) is 6.93. The molecule has 84 valence electrons. The van der Waals surface area contributed by atoms with E-state index in [0.717, 1.165) is 5.56 Å². The first-order valence-electron chi connectivity index (χ1n) is 4.89. The Labute approximate surface area is 104 Å². The molecule has 0 spiro atoms. The van der Waals surface area contributed by atoms with Gasteiger partial charge in [0.1, 0.15) is 0 Å². The topological polar surface area (TPSA) is 9.23 Å². The van der Waals surface area contributed by atoms with Crippen molar-refractivity contribution in [2.75, 3.05) is 0 Å². The molecule has 0 N–H and O–H groups in total. The fourth-order valence-corrected chi connectivity index (χ4v) is 2.69. The summed E-state index contributed by atoms with van der Waals surface area (Å²) in [7, 11) is -0.505. The average Bonchev–Trinajstić information content (AvgIpc) is 1.99. The zero-order chi connectivity index (χ0) is 11.5. The first kappa shape index (κ1) is 13.0. The van der Waals surface area contributed by atoms with Crippen LogP contribution in [0.2, 0.25) is 15.1 Å². The van der Waals surface area contributed by atoms with Gasteiger partial charge in [0.15, 0.2) is 9.76 Å². The third kappa shape index (κ3) is 5.57.